The molecule has 2 aromatic rings. The molecule has 168 valence electrons. The number of nitrogens with one attached hydrogen (secondary N) is 1. The standard InChI is InChI=1S/C24H34N4O3/c1-5-13-28-23(19-7-8-19)26-22(27-28)18-9-11-21(12-10-18)31-15-20(29)14-25-24(30)17(4)16(3)6-2/h9-12,19-20,29H,5-8,13-15H2,1-4H3,(H,25,30)/b17-16+. The van der Waals surface area contributed by atoms with Crippen LogP contribution in [-0.2, 0) is 11.3 Å². The third-order valence-corrected chi connectivity index (χ3v) is 5.64. The van der Waals surface area contributed by atoms with Crippen LogP contribution in [0.2, 0.25) is 0 Å². The lowest BCUT2D eigenvalue weighted by atomic mass is 10.1. The fourth-order valence-corrected chi connectivity index (χ4v) is 3.25. The zero-order valence-electron chi connectivity index (χ0n) is 19.0. The molecule has 0 radical (unpaired) electrons. The summed E-state index contributed by atoms with van der Waals surface area (Å²) in [6, 6.07) is 7.59. The molecule has 1 amide bonds. The predicted octanol–water partition coefficient (Wildman–Crippen LogP) is 3.83. The van der Waals surface area contributed by atoms with Crippen LogP contribution < -0.4 is 10.1 Å². The number of benzene rings is 1. The molecule has 1 unspecified atom stereocenters. The summed E-state index contributed by atoms with van der Waals surface area (Å²) in [5.74, 6) is 2.91. The van der Waals surface area contributed by atoms with Crippen molar-refractivity contribution in [1.82, 2.24) is 20.1 Å². The Hall–Kier alpha value is -2.67. The summed E-state index contributed by atoms with van der Waals surface area (Å²) >= 11 is 0. The summed E-state index contributed by atoms with van der Waals surface area (Å²) in [7, 11) is 0. The zero-order chi connectivity index (χ0) is 22.4. The van der Waals surface area contributed by atoms with Crippen LogP contribution in [-0.4, -0.2) is 45.0 Å². The smallest absolute Gasteiger partial charge is 0.246 e. The molecule has 3 rings (SSSR count). The number of hydrogen-bond donors (Lipinski definition) is 2. The Morgan fingerprint density at radius 3 is 2.58 bits per heavy atom. The Kier molecular flexibility index (Phi) is 7.85. The number of amides is 1. The van der Waals surface area contributed by atoms with E-state index >= 15 is 0 Å². The second kappa shape index (κ2) is 10.6. The predicted molar refractivity (Wildman–Crippen MR) is 121 cm³/mol. The highest BCUT2D eigenvalue weighted by Gasteiger charge is 2.29. The van der Waals surface area contributed by atoms with Crippen molar-refractivity contribution < 1.29 is 14.6 Å². The second-order valence-corrected chi connectivity index (χ2v) is 8.25. The van der Waals surface area contributed by atoms with Gasteiger partial charge in [-0.2, -0.15) is 5.10 Å². The summed E-state index contributed by atoms with van der Waals surface area (Å²) in [5, 5.41) is 17.6. The van der Waals surface area contributed by atoms with Gasteiger partial charge in [0.05, 0.1) is 0 Å². The van der Waals surface area contributed by atoms with Crippen LogP contribution >= 0.6 is 0 Å². The number of nitrogens with zero attached hydrogens (tertiary/aromatic N) is 3. The fourth-order valence-electron chi connectivity index (χ4n) is 3.25. The highest BCUT2D eigenvalue weighted by atomic mass is 16.5. The van der Waals surface area contributed by atoms with Gasteiger partial charge in [0.25, 0.3) is 0 Å². The minimum Gasteiger partial charge on any atom is -0.491 e. The maximum atomic E-state index is 12.1. The maximum Gasteiger partial charge on any atom is 0.246 e. The van der Waals surface area contributed by atoms with Gasteiger partial charge in [-0.25, -0.2) is 9.67 Å². The van der Waals surface area contributed by atoms with Gasteiger partial charge in [0, 0.05) is 30.1 Å². The van der Waals surface area contributed by atoms with Crippen molar-refractivity contribution in [3.63, 3.8) is 0 Å². The minimum atomic E-state index is -0.786. The second-order valence-electron chi connectivity index (χ2n) is 8.25. The Bertz CT molecular complexity index is 913. The average molecular weight is 427 g/mol. The van der Waals surface area contributed by atoms with Crippen LogP contribution in [0.1, 0.15) is 65.1 Å². The number of carbonyl (C=O) groups excluding carboxylic acids is 1. The van der Waals surface area contributed by atoms with Crippen molar-refractivity contribution in [3.8, 4) is 17.1 Å². The largest absolute Gasteiger partial charge is 0.491 e. The molecule has 1 heterocycles. The topological polar surface area (TPSA) is 89.3 Å². The monoisotopic (exact) mass is 426 g/mol. The quantitative estimate of drug-likeness (QED) is 0.533. The molecule has 1 aromatic carbocycles. The number of hydrogen-bond acceptors (Lipinski definition) is 5. The summed E-state index contributed by atoms with van der Waals surface area (Å²) in [5.41, 5.74) is 2.69. The van der Waals surface area contributed by atoms with Gasteiger partial charge in [0.2, 0.25) is 5.91 Å². The van der Waals surface area contributed by atoms with Gasteiger partial charge in [0.15, 0.2) is 5.82 Å². The van der Waals surface area contributed by atoms with Crippen molar-refractivity contribution in [1.29, 1.82) is 0 Å². The van der Waals surface area contributed by atoms with E-state index in [2.05, 4.69) is 17.3 Å². The minimum absolute atomic E-state index is 0.102. The van der Waals surface area contributed by atoms with Crippen LogP contribution in [0.15, 0.2) is 35.4 Å². The molecule has 1 saturated carbocycles. The molecular formula is C24H34N4O3. The molecule has 1 aliphatic carbocycles. The molecule has 0 bridgehead atoms. The number of ether oxygens (including phenoxy) is 1. The number of aliphatic hydroxyl groups excluding tert-OH is 1. The van der Waals surface area contributed by atoms with E-state index in [4.69, 9.17) is 9.72 Å². The molecular weight excluding hydrogens is 392 g/mol. The molecule has 1 aromatic heterocycles. The van der Waals surface area contributed by atoms with Crippen molar-refractivity contribution in [2.24, 2.45) is 0 Å². The van der Waals surface area contributed by atoms with Gasteiger partial charge in [-0.05, 0) is 63.8 Å². The molecule has 7 heteroatoms. The number of aromatic nitrogens is 3. The number of rotatable bonds is 11. The van der Waals surface area contributed by atoms with Crippen LogP contribution in [0.25, 0.3) is 11.4 Å². The lowest BCUT2D eigenvalue weighted by Crippen LogP contribution is -2.35. The molecule has 0 saturated heterocycles. The van der Waals surface area contributed by atoms with Gasteiger partial charge < -0.3 is 15.2 Å². The molecule has 1 fully saturated rings. The average Bonchev–Trinajstić information content (AvgIpc) is 3.55. The van der Waals surface area contributed by atoms with E-state index < -0.39 is 6.10 Å². The van der Waals surface area contributed by atoms with E-state index in [1.54, 1.807) is 6.92 Å². The van der Waals surface area contributed by atoms with Crippen molar-refractivity contribution in [3.05, 3.63) is 41.2 Å². The number of allylic oxidation sites excluding steroid dienone is 1. The van der Waals surface area contributed by atoms with Crippen molar-refractivity contribution in [2.75, 3.05) is 13.2 Å². The fraction of sp³-hybridized carbons (Fsp3) is 0.542. The highest BCUT2D eigenvalue weighted by Crippen LogP contribution is 2.39. The van der Waals surface area contributed by atoms with E-state index in [9.17, 15) is 9.90 Å². The Labute approximate surface area is 184 Å². The van der Waals surface area contributed by atoms with Crippen molar-refractivity contribution >= 4 is 5.91 Å². The SMILES string of the molecule is CCCn1nc(-c2ccc(OCC(O)CNC(=O)/C(C)=C(\C)CC)cc2)nc1C1CC1. The summed E-state index contributed by atoms with van der Waals surface area (Å²) in [6.45, 7) is 9.04. The molecule has 1 atom stereocenters. The molecule has 0 spiro atoms. The number of carbonyl (C=O) groups is 1. The van der Waals surface area contributed by atoms with E-state index in [1.165, 1.54) is 12.8 Å². The van der Waals surface area contributed by atoms with E-state index in [1.807, 2.05) is 42.8 Å². The first kappa shape index (κ1) is 23.0. The van der Waals surface area contributed by atoms with Gasteiger partial charge in [-0.3, -0.25) is 4.79 Å². The number of aryl methyl sites for hydroxylation is 1. The summed E-state index contributed by atoms with van der Waals surface area (Å²) in [6.07, 6.45) is 3.48. The highest BCUT2D eigenvalue weighted by molar-refractivity contribution is 5.93. The Balaban J connectivity index is 1.52. The molecule has 31 heavy (non-hydrogen) atoms. The van der Waals surface area contributed by atoms with Crippen LogP contribution in [0.4, 0.5) is 0 Å². The van der Waals surface area contributed by atoms with E-state index in [0.717, 1.165) is 42.2 Å². The molecule has 1 aliphatic rings. The zero-order valence-corrected chi connectivity index (χ0v) is 19.0. The normalized spacial score (nSPS) is 15.4. The molecule has 0 aliphatic heterocycles. The third-order valence-electron chi connectivity index (χ3n) is 5.64. The van der Waals surface area contributed by atoms with E-state index in [-0.39, 0.29) is 19.1 Å². The van der Waals surface area contributed by atoms with Gasteiger partial charge >= 0.3 is 0 Å². The molecule has 2 N–H and O–H groups in total. The maximum absolute atomic E-state index is 12.1. The Morgan fingerprint density at radius 1 is 1.26 bits per heavy atom. The number of aliphatic hydroxyl groups is 1. The van der Waals surface area contributed by atoms with Crippen LogP contribution in [0.5, 0.6) is 5.75 Å². The Morgan fingerprint density at radius 2 is 1.97 bits per heavy atom. The first-order valence-electron chi connectivity index (χ1n) is 11.2. The summed E-state index contributed by atoms with van der Waals surface area (Å²) in [4.78, 5) is 16.8. The van der Waals surface area contributed by atoms with Crippen LogP contribution in [0.3, 0.4) is 0 Å². The van der Waals surface area contributed by atoms with Gasteiger partial charge in [-0.1, -0.05) is 19.4 Å². The van der Waals surface area contributed by atoms with Crippen LogP contribution in [0, 0.1) is 0 Å². The van der Waals surface area contributed by atoms with E-state index in [0.29, 0.717) is 17.2 Å². The lowest BCUT2D eigenvalue weighted by molar-refractivity contribution is -0.118. The first-order valence-corrected chi connectivity index (χ1v) is 11.2. The first-order chi connectivity index (χ1) is 14.9. The van der Waals surface area contributed by atoms with Crippen molar-refractivity contribution in [2.45, 2.75) is 71.9 Å². The third kappa shape index (κ3) is 6.17. The van der Waals surface area contributed by atoms with Gasteiger partial charge in [-0.15, -0.1) is 0 Å². The molecule has 7 nitrogen and oxygen atoms in total. The summed E-state index contributed by atoms with van der Waals surface area (Å²) < 4.78 is 7.72. The van der Waals surface area contributed by atoms with Gasteiger partial charge in [0.1, 0.15) is 24.3 Å². The lowest BCUT2D eigenvalue weighted by Gasteiger charge is -2.14.